The van der Waals surface area contributed by atoms with Crippen LogP contribution in [0.1, 0.15) is 44.3 Å². The summed E-state index contributed by atoms with van der Waals surface area (Å²) in [7, 11) is 0. The molecule has 1 unspecified atom stereocenters. The van der Waals surface area contributed by atoms with Crippen molar-refractivity contribution in [2.75, 3.05) is 6.54 Å². The number of halogens is 1. The summed E-state index contributed by atoms with van der Waals surface area (Å²) in [4.78, 5) is 4.44. The minimum absolute atomic E-state index is 0.422. The second kappa shape index (κ2) is 5.65. The van der Waals surface area contributed by atoms with Crippen LogP contribution in [0.5, 0.6) is 0 Å². The lowest BCUT2D eigenvalue weighted by Gasteiger charge is -2.34. The van der Waals surface area contributed by atoms with E-state index in [1.54, 1.807) is 6.20 Å². The SMILES string of the molecule is CCCNC(c1ccc(Cl)cn1)C1CCC1. The van der Waals surface area contributed by atoms with Crippen molar-refractivity contribution in [3.63, 3.8) is 0 Å². The average molecular weight is 239 g/mol. The first kappa shape index (κ1) is 11.9. The lowest BCUT2D eigenvalue weighted by atomic mass is 9.78. The number of hydrogen-bond acceptors (Lipinski definition) is 2. The van der Waals surface area contributed by atoms with Gasteiger partial charge >= 0.3 is 0 Å². The molecular weight excluding hydrogens is 220 g/mol. The van der Waals surface area contributed by atoms with E-state index < -0.39 is 0 Å². The Kier molecular flexibility index (Phi) is 4.19. The Morgan fingerprint density at radius 1 is 1.50 bits per heavy atom. The van der Waals surface area contributed by atoms with Crippen LogP contribution in [-0.2, 0) is 0 Å². The van der Waals surface area contributed by atoms with Crippen LogP contribution in [0.15, 0.2) is 18.3 Å². The van der Waals surface area contributed by atoms with Gasteiger partial charge in [-0.3, -0.25) is 4.98 Å². The Morgan fingerprint density at radius 3 is 2.81 bits per heavy atom. The largest absolute Gasteiger partial charge is 0.308 e. The molecule has 0 aromatic carbocycles. The number of aromatic nitrogens is 1. The Balaban J connectivity index is 2.07. The van der Waals surface area contributed by atoms with Crippen molar-refractivity contribution in [1.82, 2.24) is 10.3 Å². The van der Waals surface area contributed by atoms with Gasteiger partial charge in [0.25, 0.3) is 0 Å². The number of rotatable bonds is 5. The second-order valence-electron chi connectivity index (χ2n) is 4.52. The Morgan fingerprint density at radius 2 is 2.31 bits per heavy atom. The lowest BCUT2D eigenvalue weighted by Crippen LogP contribution is -2.33. The van der Waals surface area contributed by atoms with Crippen molar-refractivity contribution in [3.05, 3.63) is 29.0 Å². The van der Waals surface area contributed by atoms with Gasteiger partial charge in [0.2, 0.25) is 0 Å². The van der Waals surface area contributed by atoms with E-state index in [1.165, 1.54) is 19.3 Å². The second-order valence-corrected chi connectivity index (χ2v) is 4.96. The van der Waals surface area contributed by atoms with Crippen LogP contribution in [0.2, 0.25) is 5.02 Å². The smallest absolute Gasteiger partial charge is 0.0589 e. The van der Waals surface area contributed by atoms with E-state index >= 15 is 0 Å². The summed E-state index contributed by atoms with van der Waals surface area (Å²) in [5, 5.41) is 4.32. The van der Waals surface area contributed by atoms with E-state index in [0.717, 1.165) is 24.6 Å². The molecule has 0 aliphatic heterocycles. The van der Waals surface area contributed by atoms with Gasteiger partial charge in [-0.15, -0.1) is 0 Å². The zero-order chi connectivity index (χ0) is 11.4. The quantitative estimate of drug-likeness (QED) is 0.848. The van der Waals surface area contributed by atoms with Crippen molar-refractivity contribution in [2.45, 2.75) is 38.6 Å². The van der Waals surface area contributed by atoms with E-state index in [4.69, 9.17) is 11.6 Å². The molecule has 1 saturated carbocycles. The fourth-order valence-electron chi connectivity index (χ4n) is 2.16. The van der Waals surface area contributed by atoms with Gasteiger partial charge in [0.15, 0.2) is 0 Å². The molecule has 0 spiro atoms. The van der Waals surface area contributed by atoms with Gasteiger partial charge in [-0.1, -0.05) is 24.9 Å². The van der Waals surface area contributed by atoms with Crippen molar-refractivity contribution >= 4 is 11.6 Å². The molecule has 1 aromatic heterocycles. The molecule has 1 fully saturated rings. The van der Waals surface area contributed by atoms with Gasteiger partial charge in [0.1, 0.15) is 0 Å². The zero-order valence-corrected chi connectivity index (χ0v) is 10.5. The standard InChI is InChI=1S/C13H19ClN2/c1-2-8-15-13(10-4-3-5-10)12-7-6-11(14)9-16-12/h6-7,9-10,13,15H,2-5,8H2,1H3. The van der Waals surface area contributed by atoms with E-state index in [-0.39, 0.29) is 0 Å². The minimum Gasteiger partial charge on any atom is -0.308 e. The molecule has 88 valence electrons. The van der Waals surface area contributed by atoms with Gasteiger partial charge in [0, 0.05) is 6.20 Å². The highest BCUT2D eigenvalue weighted by Gasteiger charge is 2.28. The minimum atomic E-state index is 0.422. The molecule has 16 heavy (non-hydrogen) atoms. The van der Waals surface area contributed by atoms with Crippen LogP contribution in [0.25, 0.3) is 0 Å². The molecule has 1 N–H and O–H groups in total. The maximum atomic E-state index is 5.87. The van der Waals surface area contributed by atoms with Crippen LogP contribution < -0.4 is 5.32 Å². The van der Waals surface area contributed by atoms with E-state index in [1.807, 2.05) is 12.1 Å². The molecule has 0 bridgehead atoms. The van der Waals surface area contributed by atoms with Gasteiger partial charge in [-0.2, -0.15) is 0 Å². The molecule has 1 aromatic rings. The van der Waals surface area contributed by atoms with Gasteiger partial charge in [-0.25, -0.2) is 0 Å². The van der Waals surface area contributed by atoms with Crippen LogP contribution in [0.3, 0.4) is 0 Å². The molecule has 2 nitrogen and oxygen atoms in total. The van der Waals surface area contributed by atoms with E-state index in [2.05, 4.69) is 17.2 Å². The molecule has 1 heterocycles. The summed E-state index contributed by atoms with van der Waals surface area (Å²) >= 11 is 5.87. The summed E-state index contributed by atoms with van der Waals surface area (Å²) in [6.45, 7) is 3.26. The molecule has 2 rings (SSSR count). The number of pyridine rings is 1. The van der Waals surface area contributed by atoms with Crippen LogP contribution in [0, 0.1) is 5.92 Å². The predicted molar refractivity (Wildman–Crippen MR) is 67.6 cm³/mol. The maximum Gasteiger partial charge on any atom is 0.0589 e. The molecular formula is C13H19ClN2. The van der Waals surface area contributed by atoms with Gasteiger partial charge < -0.3 is 5.32 Å². The average Bonchev–Trinajstić information content (AvgIpc) is 2.23. The van der Waals surface area contributed by atoms with Crippen LogP contribution >= 0.6 is 11.6 Å². The summed E-state index contributed by atoms with van der Waals surface area (Å²) in [5.41, 5.74) is 1.14. The monoisotopic (exact) mass is 238 g/mol. The Bertz CT molecular complexity index is 319. The highest BCUT2D eigenvalue weighted by Crippen LogP contribution is 2.37. The van der Waals surface area contributed by atoms with Crippen molar-refractivity contribution in [3.8, 4) is 0 Å². The first-order valence-corrected chi connectivity index (χ1v) is 6.54. The molecule has 1 aliphatic rings. The molecule has 0 amide bonds. The summed E-state index contributed by atoms with van der Waals surface area (Å²) < 4.78 is 0. The maximum absolute atomic E-state index is 5.87. The third kappa shape index (κ3) is 2.74. The third-order valence-corrected chi connectivity index (χ3v) is 3.53. The predicted octanol–water partition coefficient (Wildman–Crippen LogP) is 3.58. The van der Waals surface area contributed by atoms with Crippen LogP contribution in [-0.4, -0.2) is 11.5 Å². The molecule has 1 aliphatic carbocycles. The molecule has 1 atom stereocenters. The number of nitrogens with zero attached hydrogens (tertiary/aromatic N) is 1. The van der Waals surface area contributed by atoms with Crippen molar-refractivity contribution < 1.29 is 0 Å². The number of nitrogens with one attached hydrogen (secondary N) is 1. The highest BCUT2D eigenvalue weighted by molar-refractivity contribution is 6.30. The topological polar surface area (TPSA) is 24.9 Å². The Hall–Kier alpha value is -0.600. The number of hydrogen-bond donors (Lipinski definition) is 1. The van der Waals surface area contributed by atoms with E-state index in [9.17, 15) is 0 Å². The van der Waals surface area contributed by atoms with Crippen molar-refractivity contribution in [2.24, 2.45) is 5.92 Å². The fraction of sp³-hybridized carbons (Fsp3) is 0.615. The molecule has 3 heteroatoms. The van der Waals surface area contributed by atoms with Gasteiger partial charge in [-0.05, 0) is 43.9 Å². The fourth-order valence-corrected chi connectivity index (χ4v) is 2.27. The first-order valence-electron chi connectivity index (χ1n) is 6.16. The Labute approximate surface area is 102 Å². The van der Waals surface area contributed by atoms with Gasteiger partial charge in [0.05, 0.1) is 16.8 Å². The van der Waals surface area contributed by atoms with Crippen LogP contribution in [0.4, 0.5) is 0 Å². The molecule has 0 saturated heterocycles. The lowest BCUT2D eigenvalue weighted by molar-refractivity contribution is 0.227. The summed E-state index contributed by atoms with van der Waals surface area (Å²) in [6.07, 6.45) is 6.92. The van der Waals surface area contributed by atoms with E-state index in [0.29, 0.717) is 11.1 Å². The molecule has 0 radical (unpaired) electrons. The third-order valence-electron chi connectivity index (χ3n) is 3.30. The highest BCUT2D eigenvalue weighted by atomic mass is 35.5. The summed E-state index contributed by atoms with van der Waals surface area (Å²) in [6, 6.07) is 4.41. The van der Waals surface area contributed by atoms with Crippen molar-refractivity contribution in [1.29, 1.82) is 0 Å². The summed E-state index contributed by atoms with van der Waals surface area (Å²) in [5.74, 6) is 0.764. The zero-order valence-electron chi connectivity index (χ0n) is 9.75. The first-order chi connectivity index (χ1) is 7.81. The normalized spacial score (nSPS) is 18.1.